The molecule has 0 rings (SSSR count). The zero-order chi connectivity index (χ0) is 17.2. The van der Waals surface area contributed by atoms with E-state index in [0.29, 0.717) is 12.8 Å². The second-order valence-corrected chi connectivity index (χ2v) is 6.59. The average Bonchev–Trinajstić information content (AvgIpc) is 2.41. The molecule has 0 aliphatic heterocycles. The number of nitrogens with two attached hydrogens (primary N) is 2. The summed E-state index contributed by atoms with van der Waals surface area (Å²) in [5, 5.41) is 2.96. The molecule has 1 atom stereocenters. The number of hydrogen-bond donors (Lipinski definition) is 5. The van der Waals surface area contributed by atoms with Crippen LogP contribution in [0.25, 0.3) is 0 Å². The first-order chi connectivity index (χ1) is 10.1. The molecule has 0 saturated carbocycles. The summed E-state index contributed by atoms with van der Waals surface area (Å²) >= 11 is 4.14. The molecule has 0 aromatic heterocycles. The molecular formula is C14H30N4O3S. The predicted molar refractivity (Wildman–Crippen MR) is 90.0 cm³/mol. The summed E-state index contributed by atoms with van der Waals surface area (Å²) < 4.78 is 5.34. The van der Waals surface area contributed by atoms with E-state index in [1.165, 1.54) is 6.92 Å². The SMILES string of the molecule is CC(C)(CCOC(C)(N)C(=O)NN)NC(=O)CCCCCS. The number of hydrazine groups is 1. The fourth-order valence-corrected chi connectivity index (χ4v) is 2.03. The van der Waals surface area contributed by atoms with Crippen molar-refractivity contribution in [3.63, 3.8) is 0 Å². The molecule has 0 radical (unpaired) electrons. The van der Waals surface area contributed by atoms with E-state index in [1.807, 2.05) is 19.3 Å². The van der Waals surface area contributed by atoms with Gasteiger partial charge >= 0.3 is 0 Å². The first-order valence-corrected chi connectivity index (χ1v) is 8.13. The number of unbranched alkanes of at least 4 members (excludes halogenated alkanes) is 2. The van der Waals surface area contributed by atoms with Gasteiger partial charge in [0, 0.05) is 12.0 Å². The summed E-state index contributed by atoms with van der Waals surface area (Å²) in [5.41, 5.74) is 5.72. The summed E-state index contributed by atoms with van der Waals surface area (Å²) in [6, 6.07) is 0. The van der Waals surface area contributed by atoms with Crippen molar-refractivity contribution in [1.82, 2.24) is 10.7 Å². The van der Waals surface area contributed by atoms with Crippen molar-refractivity contribution in [1.29, 1.82) is 0 Å². The maximum absolute atomic E-state index is 11.9. The number of rotatable bonds is 11. The Morgan fingerprint density at radius 3 is 2.36 bits per heavy atom. The van der Waals surface area contributed by atoms with Gasteiger partial charge in [-0.2, -0.15) is 12.6 Å². The quantitative estimate of drug-likeness (QED) is 0.0938. The van der Waals surface area contributed by atoms with Crippen molar-refractivity contribution < 1.29 is 14.3 Å². The number of thiol groups is 1. The zero-order valence-electron chi connectivity index (χ0n) is 13.8. The molecule has 0 bridgehead atoms. The Morgan fingerprint density at radius 1 is 1.18 bits per heavy atom. The Morgan fingerprint density at radius 2 is 1.82 bits per heavy atom. The molecule has 0 aliphatic carbocycles. The fourth-order valence-electron chi connectivity index (χ4n) is 1.80. The van der Waals surface area contributed by atoms with Crippen LogP contribution in [0, 0.1) is 0 Å². The van der Waals surface area contributed by atoms with Crippen molar-refractivity contribution in [2.75, 3.05) is 12.4 Å². The maximum atomic E-state index is 11.9. The Labute approximate surface area is 138 Å². The first kappa shape index (κ1) is 21.2. The molecule has 22 heavy (non-hydrogen) atoms. The minimum absolute atomic E-state index is 0.0133. The van der Waals surface area contributed by atoms with Gasteiger partial charge in [0.15, 0.2) is 5.72 Å². The third kappa shape index (κ3) is 9.24. The molecule has 0 spiro atoms. The van der Waals surface area contributed by atoms with Crippen molar-refractivity contribution in [3.05, 3.63) is 0 Å². The second kappa shape index (κ2) is 10.0. The van der Waals surface area contributed by atoms with Crippen LogP contribution in [0.4, 0.5) is 0 Å². The molecule has 0 fully saturated rings. The van der Waals surface area contributed by atoms with Gasteiger partial charge in [-0.25, -0.2) is 5.84 Å². The number of carbonyl (C=O) groups excluding carboxylic acids is 2. The van der Waals surface area contributed by atoms with E-state index in [9.17, 15) is 9.59 Å². The highest BCUT2D eigenvalue weighted by Crippen LogP contribution is 2.12. The Hall–Kier alpha value is -0.830. The highest BCUT2D eigenvalue weighted by atomic mass is 32.1. The van der Waals surface area contributed by atoms with Gasteiger partial charge in [0.1, 0.15) is 0 Å². The molecule has 2 amide bonds. The van der Waals surface area contributed by atoms with E-state index >= 15 is 0 Å². The van der Waals surface area contributed by atoms with Crippen LogP contribution in [-0.2, 0) is 14.3 Å². The van der Waals surface area contributed by atoms with Crippen LogP contribution < -0.4 is 22.3 Å². The van der Waals surface area contributed by atoms with E-state index in [4.69, 9.17) is 16.3 Å². The highest BCUT2D eigenvalue weighted by Gasteiger charge is 2.29. The summed E-state index contributed by atoms with van der Waals surface area (Å²) in [4.78, 5) is 23.2. The molecule has 0 heterocycles. The van der Waals surface area contributed by atoms with Gasteiger partial charge in [-0.15, -0.1) is 0 Å². The van der Waals surface area contributed by atoms with Gasteiger partial charge in [0.2, 0.25) is 5.91 Å². The minimum Gasteiger partial charge on any atom is -0.352 e. The number of amides is 2. The van der Waals surface area contributed by atoms with Gasteiger partial charge in [0.25, 0.3) is 5.91 Å². The second-order valence-electron chi connectivity index (χ2n) is 6.15. The maximum Gasteiger partial charge on any atom is 0.280 e. The zero-order valence-corrected chi connectivity index (χ0v) is 14.7. The van der Waals surface area contributed by atoms with Gasteiger partial charge in [-0.3, -0.25) is 20.7 Å². The highest BCUT2D eigenvalue weighted by molar-refractivity contribution is 7.80. The molecule has 7 nitrogen and oxygen atoms in total. The largest absolute Gasteiger partial charge is 0.352 e. The molecule has 0 saturated heterocycles. The topological polar surface area (TPSA) is 119 Å². The standard InChI is InChI=1S/C14H30N4O3S/c1-13(2,17-11(19)7-5-4-6-10-22)8-9-21-14(3,15)12(20)18-16/h22H,4-10,15-16H2,1-3H3,(H,17,19)(H,18,20). The van der Waals surface area contributed by atoms with Crippen LogP contribution in [0.3, 0.4) is 0 Å². The van der Waals surface area contributed by atoms with Gasteiger partial charge in [-0.05, 0) is 45.8 Å². The number of hydrogen-bond acceptors (Lipinski definition) is 6. The van der Waals surface area contributed by atoms with Crippen LogP contribution in [0.15, 0.2) is 0 Å². The lowest BCUT2D eigenvalue weighted by atomic mass is 10.0. The average molecular weight is 334 g/mol. The Balaban J connectivity index is 4.08. The summed E-state index contributed by atoms with van der Waals surface area (Å²) in [7, 11) is 0. The lowest BCUT2D eigenvalue weighted by Crippen LogP contribution is -2.56. The van der Waals surface area contributed by atoms with Crippen molar-refractivity contribution in [2.45, 2.75) is 64.1 Å². The summed E-state index contributed by atoms with van der Waals surface area (Å²) in [5.74, 6) is 5.29. The normalized spacial score (nSPS) is 14.3. The van der Waals surface area contributed by atoms with E-state index < -0.39 is 17.2 Å². The Kier molecular flexibility index (Phi) is 9.66. The monoisotopic (exact) mass is 334 g/mol. The number of nitrogens with one attached hydrogen (secondary N) is 2. The number of carbonyl (C=O) groups is 2. The van der Waals surface area contributed by atoms with E-state index in [0.717, 1.165) is 25.0 Å². The van der Waals surface area contributed by atoms with Crippen molar-refractivity contribution in [2.24, 2.45) is 11.6 Å². The minimum atomic E-state index is -1.48. The molecule has 0 aliphatic rings. The Bertz CT molecular complexity index is 362. The van der Waals surface area contributed by atoms with Crippen LogP contribution >= 0.6 is 12.6 Å². The van der Waals surface area contributed by atoms with Crippen LogP contribution in [0.1, 0.15) is 52.9 Å². The number of ether oxygens (including phenoxy) is 1. The van der Waals surface area contributed by atoms with Crippen molar-refractivity contribution >= 4 is 24.4 Å². The third-order valence-corrected chi connectivity index (χ3v) is 3.57. The van der Waals surface area contributed by atoms with Gasteiger partial charge in [0.05, 0.1) is 6.61 Å². The van der Waals surface area contributed by atoms with E-state index in [1.54, 1.807) is 0 Å². The van der Waals surface area contributed by atoms with E-state index in [2.05, 4.69) is 17.9 Å². The third-order valence-electron chi connectivity index (χ3n) is 3.25. The molecule has 130 valence electrons. The summed E-state index contributed by atoms with van der Waals surface area (Å²) in [6.07, 6.45) is 3.91. The van der Waals surface area contributed by atoms with Gasteiger partial charge in [-0.1, -0.05) is 6.42 Å². The molecular weight excluding hydrogens is 304 g/mol. The molecule has 0 aromatic carbocycles. The summed E-state index contributed by atoms with van der Waals surface area (Å²) in [6.45, 7) is 5.47. The van der Waals surface area contributed by atoms with Crippen LogP contribution in [0.5, 0.6) is 0 Å². The van der Waals surface area contributed by atoms with Crippen LogP contribution in [0.2, 0.25) is 0 Å². The van der Waals surface area contributed by atoms with Crippen LogP contribution in [-0.4, -0.2) is 35.4 Å². The molecule has 0 aromatic rings. The first-order valence-electron chi connectivity index (χ1n) is 7.50. The lowest BCUT2D eigenvalue weighted by molar-refractivity contribution is -0.145. The van der Waals surface area contributed by atoms with E-state index in [-0.39, 0.29) is 12.5 Å². The van der Waals surface area contributed by atoms with Gasteiger partial charge < -0.3 is 10.1 Å². The molecule has 1 unspecified atom stereocenters. The smallest absolute Gasteiger partial charge is 0.280 e. The van der Waals surface area contributed by atoms with Crippen molar-refractivity contribution in [3.8, 4) is 0 Å². The molecule has 6 N–H and O–H groups in total. The lowest BCUT2D eigenvalue weighted by Gasteiger charge is -2.29. The predicted octanol–water partition coefficient (Wildman–Crippen LogP) is 0.443. The fraction of sp³-hybridized carbons (Fsp3) is 0.857. The molecule has 8 heteroatoms.